The average Bonchev–Trinajstić information content (AvgIpc) is 2.98. The van der Waals surface area contributed by atoms with Crippen LogP contribution in [0.4, 0.5) is 5.69 Å². The number of nitrogens with one attached hydrogen (secondary N) is 1. The van der Waals surface area contributed by atoms with Crippen molar-refractivity contribution in [1.29, 1.82) is 5.26 Å². The van der Waals surface area contributed by atoms with Gasteiger partial charge in [-0.1, -0.05) is 73.9 Å². The van der Waals surface area contributed by atoms with E-state index in [1.54, 1.807) is 0 Å². The molecule has 0 saturated heterocycles. The number of unbranched alkanes of at least 4 members (excludes halogenated alkanes) is 7. The largest absolute Gasteiger partial charge is 0.384 e. The number of benzene rings is 1. The van der Waals surface area contributed by atoms with E-state index in [0.29, 0.717) is 10.2 Å². The Balaban J connectivity index is 1.43. The zero-order valence-electron chi connectivity index (χ0n) is 14.9. The number of anilines is 1. The van der Waals surface area contributed by atoms with Gasteiger partial charge in [-0.15, -0.1) is 0 Å². The first-order valence-corrected chi connectivity index (χ1v) is 10.8. The third kappa shape index (κ3) is 7.15. The Bertz CT molecular complexity index is 709. The molecule has 0 atom stereocenters. The van der Waals surface area contributed by atoms with Gasteiger partial charge in [0.05, 0.1) is 16.3 Å². The third-order valence-electron chi connectivity index (χ3n) is 4.36. The van der Waals surface area contributed by atoms with Crippen molar-refractivity contribution in [1.82, 2.24) is 4.37 Å². The van der Waals surface area contributed by atoms with Gasteiger partial charge in [0, 0.05) is 11.4 Å². The fourth-order valence-electron chi connectivity index (χ4n) is 2.87. The number of rotatable bonds is 12. The van der Waals surface area contributed by atoms with Crippen LogP contribution in [0.2, 0.25) is 10.2 Å². The van der Waals surface area contributed by atoms with Gasteiger partial charge in [0.1, 0.15) is 6.07 Å². The maximum absolute atomic E-state index is 9.05. The Hall–Kier alpha value is -1.28. The standard InChI is InChI=1S/C20H25Cl2N3S/c21-19-18(26-25-20(19)22)13-7-5-3-1-2-4-6-10-14-24-17-12-9-8-11-16(17)15-23/h8-9,11-12,24H,1-7,10,13-14H2. The molecule has 1 heterocycles. The molecule has 0 unspecified atom stereocenters. The molecule has 0 aliphatic carbocycles. The maximum Gasteiger partial charge on any atom is 0.161 e. The highest BCUT2D eigenvalue weighted by molar-refractivity contribution is 7.06. The summed E-state index contributed by atoms with van der Waals surface area (Å²) in [5.74, 6) is 0. The van der Waals surface area contributed by atoms with Gasteiger partial charge in [-0.05, 0) is 42.9 Å². The Labute approximate surface area is 170 Å². The smallest absolute Gasteiger partial charge is 0.161 e. The molecule has 0 spiro atoms. The van der Waals surface area contributed by atoms with E-state index in [0.717, 1.165) is 41.9 Å². The molecule has 0 radical (unpaired) electrons. The predicted molar refractivity (Wildman–Crippen MR) is 112 cm³/mol. The quantitative estimate of drug-likeness (QED) is 0.380. The first-order chi connectivity index (χ1) is 12.7. The minimum atomic E-state index is 0.442. The van der Waals surface area contributed by atoms with Gasteiger partial charge in [-0.2, -0.15) is 9.64 Å². The van der Waals surface area contributed by atoms with Gasteiger partial charge >= 0.3 is 0 Å². The lowest BCUT2D eigenvalue weighted by molar-refractivity contribution is 0.573. The normalized spacial score (nSPS) is 10.7. The van der Waals surface area contributed by atoms with E-state index in [9.17, 15) is 0 Å². The molecule has 1 aromatic carbocycles. The Morgan fingerprint density at radius 3 is 2.27 bits per heavy atom. The predicted octanol–water partition coefficient (Wildman–Crippen LogP) is 7.10. The lowest BCUT2D eigenvalue weighted by Gasteiger charge is -2.07. The highest BCUT2D eigenvalue weighted by Crippen LogP contribution is 2.29. The van der Waals surface area contributed by atoms with Crippen molar-refractivity contribution in [2.45, 2.75) is 57.8 Å². The fourth-order valence-corrected chi connectivity index (χ4v) is 4.13. The SMILES string of the molecule is N#Cc1ccccc1NCCCCCCCCCCc1snc(Cl)c1Cl. The second kappa shape index (κ2) is 12.2. The number of halogens is 2. The van der Waals surface area contributed by atoms with Gasteiger partial charge < -0.3 is 5.32 Å². The van der Waals surface area contributed by atoms with E-state index in [-0.39, 0.29) is 0 Å². The van der Waals surface area contributed by atoms with Crippen molar-refractivity contribution in [2.75, 3.05) is 11.9 Å². The van der Waals surface area contributed by atoms with Crippen molar-refractivity contribution >= 4 is 40.4 Å². The van der Waals surface area contributed by atoms with Crippen molar-refractivity contribution in [3.8, 4) is 6.07 Å². The maximum atomic E-state index is 9.05. The van der Waals surface area contributed by atoms with Crippen LogP contribution in [0.5, 0.6) is 0 Å². The second-order valence-electron chi connectivity index (χ2n) is 6.37. The average molecular weight is 410 g/mol. The summed E-state index contributed by atoms with van der Waals surface area (Å²) in [5, 5.41) is 13.5. The highest BCUT2D eigenvalue weighted by Gasteiger charge is 2.08. The molecule has 140 valence electrons. The van der Waals surface area contributed by atoms with E-state index in [1.165, 1.54) is 50.1 Å². The van der Waals surface area contributed by atoms with Crippen LogP contribution in [0.25, 0.3) is 0 Å². The van der Waals surface area contributed by atoms with Gasteiger partial charge in [0.15, 0.2) is 5.15 Å². The first-order valence-electron chi connectivity index (χ1n) is 9.25. The van der Waals surface area contributed by atoms with Crippen molar-refractivity contribution in [3.05, 3.63) is 44.9 Å². The number of hydrogen-bond acceptors (Lipinski definition) is 4. The van der Waals surface area contributed by atoms with Crippen LogP contribution < -0.4 is 5.32 Å². The number of nitrogens with zero attached hydrogens (tertiary/aromatic N) is 2. The van der Waals surface area contributed by atoms with Crippen LogP contribution in [-0.4, -0.2) is 10.9 Å². The summed E-state index contributed by atoms with van der Waals surface area (Å²) in [4.78, 5) is 1.11. The molecule has 0 amide bonds. The van der Waals surface area contributed by atoms with E-state index >= 15 is 0 Å². The molecule has 0 aliphatic rings. The summed E-state index contributed by atoms with van der Waals surface area (Å²) in [5.41, 5.74) is 1.66. The lowest BCUT2D eigenvalue weighted by Crippen LogP contribution is -2.02. The molecule has 2 rings (SSSR count). The second-order valence-corrected chi connectivity index (χ2v) is 7.97. The summed E-state index contributed by atoms with van der Waals surface area (Å²) in [7, 11) is 0. The molecule has 1 N–H and O–H groups in total. The van der Waals surface area contributed by atoms with Crippen LogP contribution in [-0.2, 0) is 6.42 Å². The number of aryl methyl sites for hydroxylation is 1. The third-order valence-corrected chi connectivity index (χ3v) is 6.25. The van der Waals surface area contributed by atoms with Gasteiger partial charge in [-0.3, -0.25) is 0 Å². The topological polar surface area (TPSA) is 48.7 Å². The van der Waals surface area contributed by atoms with E-state index in [2.05, 4.69) is 15.8 Å². The Kier molecular flexibility index (Phi) is 9.84. The molecule has 0 aliphatic heterocycles. The molecule has 1 aromatic heterocycles. The van der Waals surface area contributed by atoms with Crippen LogP contribution in [0.3, 0.4) is 0 Å². The molecule has 0 fully saturated rings. The monoisotopic (exact) mass is 409 g/mol. The van der Waals surface area contributed by atoms with Crippen LogP contribution in [0.15, 0.2) is 24.3 Å². The molecular formula is C20H25Cl2N3S. The number of hydrogen-bond donors (Lipinski definition) is 1. The Morgan fingerprint density at radius 2 is 1.62 bits per heavy atom. The van der Waals surface area contributed by atoms with E-state index in [4.69, 9.17) is 28.5 Å². The lowest BCUT2D eigenvalue weighted by atomic mass is 10.1. The molecule has 26 heavy (non-hydrogen) atoms. The van der Waals surface area contributed by atoms with Gasteiger partial charge in [0.25, 0.3) is 0 Å². The number of para-hydroxylation sites is 1. The summed E-state index contributed by atoms with van der Waals surface area (Å²) >= 11 is 13.4. The summed E-state index contributed by atoms with van der Waals surface area (Å²) < 4.78 is 4.06. The van der Waals surface area contributed by atoms with Crippen LogP contribution in [0.1, 0.15) is 61.8 Å². The highest BCUT2D eigenvalue weighted by atomic mass is 35.5. The zero-order valence-corrected chi connectivity index (χ0v) is 17.3. The van der Waals surface area contributed by atoms with Gasteiger partial charge in [0.2, 0.25) is 0 Å². The molecule has 6 heteroatoms. The number of nitriles is 1. The molecule has 3 nitrogen and oxygen atoms in total. The zero-order chi connectivity index (χ0) is 18.6. The van der Waals surface area contributed by atoms with Crippen molar-refractivity contribution in [2.24, 2.45) is 0 Å². The Morgan fingerprint density at radius 1 is 0.962 bits per heavy atom. The van der Waals surface area contributed by atoms with Crippen molar-refractivity contribution in [3.63, 3.8) is 0 Å². The van der Waals surface area contributed by atoms with Crippen molar-refractivity contribution < 1.29 is 0 Å². The molecule has 2 aromatic rings. The summed E-state index contributed by atoms with van der Waals surface area (Å²) in [6.07, 6.45) is 10.9. The molecule has 0 bridgehead atoms. The summed E-state index contributed by atoms with van der Waals surface area (Å²) in [6, 6.07) is 9.88. The van der Waals surface area contributed by atoms with Gasteiger partial charge in [-0.25, -0.2) is 0 Å². The number of aromatic nitrogens is 1. The minimum absolute atomic E-state index is 0.442. The van der Waals surface area contributed by atoms with Crippen LogP contribution >= 0.6 is 34.7 Å². The molecule has 0 saturated carbocycles. The minimum Gasteiger partial charge on any atom is -0.384 e. The van der Waals surface area contributed by atoms with Crippen LogP contribution in [0, 0.1) is 11.3 Å². The first kappa shape index (κ1) is 21.0. The summed E-state index contributed by atoms with van der Waals surface area (Å²) in [6.45, 7) is 0.927. The van der Waals surface area contributed by atoms with E-state index < -0.39 is 0 Å². The fraction of sp³-hybridized carbons (Fsp3) is 0.500. The van der Waals surface area contributed by atoms with E-state index in [1.807, 2.05) is 24.3 Å². The molecular weight excluding hydrogens is 385 g/mol.